The number of rotatable bonds is 7. The lowest BCUT2D eigenvalue weighted by Gasteiger charge is -2.21. The van der Waals surface area contributed by atoms with Crippen LogP contribution in [0.2, 0.25) is 0 Å². The molecule has 1 aromatic heterocycles. The van der Waals surface area contributed by atoms with Gasteiger partial charge in [0.1, 0.15) is 0 Å². The maximum absolute atomic E-state index is 12.6. The van der Waals surface area contributed by atoms with E-state index in [-0.39, 0.29) is 31.7 Å². The molecule has 8 nitrogen and oxygen atoms in total. The number of nitrogens with zero attached hydrogens (tertiary/aromatic N) is 3. The second kappa shape index (κ2) is 10.1. The Morgan fingerprint density at radius 3 is 2.45 bits per heavy atom. The molecular weight excluding hydrogens is 394 g/mol. The summed E-state index contributed by atoms with van der Waals surface area (Å²) < 4.78 is 1.84. The maximum atomic E-state index is 12.6. The molecule has 3 rings (SSSR count). The third-order valence-corrected chi connectivity index (χ3v) is 4.84. The minimum atomic E-state index is -0.477. The first-order chi connectivity index (χ1) is 15.0. The molecule has 0 radical (unpaired) electrons. The highest BCUT2D eigenvalue weighted by Crippen LogP contribution is 2.20. The zero-order chi connectivity index (χ0) is 22.2. The number of hydrogen-bond acceptors (Lipinski definition) is 4. The van der Waals surface area contributed by atoms with Gasteiger partial charge >= 0.3 is 0 Å². The van der Waals surface area contributed by atoms with E-state index in [1.165, 1.54) is 4.90 Å². The average molecular weight is 417 g/mol. The van der Waals surface area contributed by atoms with Crippen LogP contribution in [-0.4, -0.2) is 28.8 Å². The second-order valence-electron chi connectivity index (χ2n) is 6.96. The van der Waals surface area contributed by atoms with E-state index in [1.54, 1.807) is 30.5 Å². The van der Waals surface area contributed by atoms with Crippen LogP contribution in [-0.2, 0) is 16.6 Å². The number of nitrogens with one attached hydrogen (secondary N) is 2. The second-order valence-corrected chi connectivity index (χ2v) is 6.96. The summed E-state index contributed by atoms with van der Waals surface area (Å²) in [6.45, 7) is 0.249. The normalized spacial score (nSPS) is 10.3. The van der Waals surface area contributed by atoms with Gasteiger partial charge in [-0.2, -0.15) is 5.26 Å². The molecule has 0 atom stereocenters. The molecule has 158 valence electrons. The van der Waals surface area contributed by atoms with Crippen molar-refractivity contribution < 1.29 is 14.4 Å². The molecule has 2 aromatic carbocycles. The Labute approximate surface area is 180 Å². The number of para-hydroxylation sites is 2. The highest BCUT2D eigenvalue weighted by Gasteiger charge is 2.18. The molecule has 8 heteroatoms. The molecule has 0 spiro atoms. The molecular formula is C23H23N5O3. The summed E-state index contributed by atoms with van der Waals surface area (Å²) in [5.41, 5.74) is 6.79. The lowest BCUT2D eigenvalue weighted by molar-refractivity contribution is -0.125. The Bertz CT molecular complexity index is 1130. The van der Waals surface area contributed by atoms with Crippen LogP contribution in [0.15, 0.2) is 60.8 Å². The number of aryl methyl sites for hydroxylation is 1. The molecule has 2 N–H and O–H groups in total. The molecule has 1 heterocycles. The number of amides is 3. The van der Waals surface area contributed by atoms with E-state index in [1.807, 2.05) is 48.0 Å². The van der Waals surface area contributed by atoms with Crippen LogP contribution < -0.4 is 15.8 Å². The standard InChI is InChI=1S/C23H23N5O3/c1-27-16-19(18-10-5-6-11-20(18)27)23(31)26-25-21(29)12-13-22(30)28(15-7-14-24)17-8-3-2-4-9-17/h2-6,8-11,16H,7,12-13,15H2,1H3,(H,25,29)(H,26,31). The zero-order valence-electron chi connectivity index (χ0n) is 17.2. The van der Waals surface area contributed by atoms with Crippen molar-refractivity contribution in [2.45, 2.75) is 19.3 Å². The molecule has 3 aromatic rings. The van der Waals surface area contributed by atoms with Gasteiger partial charge in [0.05, 0.1) is 18.1 Å². The van der Waals surface area contributed by atoms with Crippen LogP contribution in [0.25, 0.3) is 10.9 Å². The van der Waals surface area contributed by atoms with Gasteiger partial charge in [-0.3, -0.25) is 25.2 Å². The molecule has 0 bridgehead atoms. The van der Waals surface area contributed by atoms with Crippen LogP contribution in [0.5, 0.6) is 0 Å². The Balaban J connectivity index is 1.55. The number of aromatic nitrogens is 1. The van der Waals surface area contributed by atoms with Gasteiger partial charge in [0.25, 0.3) is 5.91 Å². The van der Waals surface area contributed by atoms with Crippen LogP contribution in [0.1, 0.15) is 29.6 Å². The smallest absolute Gasteiger partial charge is 0.271 e. The number of anilines is 1. The van der Waals surface area contributed by atoms with E-state index in [2.05, 4.69) is 10.9 Å². The van der Waals surface area contributed by atoms with Gasteiger partial charge in [-0.1, -0.05) is 36.4 Å². The molecule has 0 aliphatic carbocycles. The SMILES string of the molecule is Cn1cc(C(=O)NNC(=O)CCC(=O)N(CCC#N)c2ccccc2)c2ccccc21. The van der Waals surface area contributed by atoms with Crippen molar-refractivity contribution in [2.75, 3.05) is 11.4 Å². The summed E-state index contributed by atoms with van der Waals surface area (Å²) in [7, 11) is 1.84. The zero-order valence-corrected chi connectivity index (χ0v) is 17.2. The molecule has 0 aliphatic rings. The summed E-state index contributed by atoms with van der Waals surface area (Å²) >= 11 is 0. The molecule has 0 fully saturated rings. The predicted octanol–water partition coefficient (Wildman–Crippen LogP) is 2.67. The largest absolute Gasteiger partial charge is 0.350 e. The van der Waals surface area contributed by atoms with Gasteiger partial charge in [-0.15, -0.1) is 0 Å². The fraction of sp³-hybridized carbons (Fsp3) is 0.217. The van der Waals surface area contributed by atoms with E-state index in [9.17, 15) is 14.4 Å². The molecule has 0 aliphatic heterocycles. The first-order valence-electron chi connectivity index (χ1n) is 9.87. The number of hydrogen-bond donors (Lipinski definition) is 2. The van der Waals surface area contributed by atoms with Gasteiger partial charge in [-0.05, 0) is 18.2 Å². The fourth-order valence-electron chi connectivity index (χ4n) is 3.30. The van der Waals surface area contributed by atoms with Crippen molar-refractivity contribution in [3.8, 4) is 6.07 Å². The van der Waals surface area contributed by atoms with Gasteiger partial charge in [0.2, 0.25) is 11.8 Å². The minimum Gasteiger partial charge on any atom is -0.350 e. The first-order valence-corrected chi connectivity index (χ1v) is 9.87. The van der Waals surface area contributed by atoms with Gasteiger partial charge in [-0.25, -0.2) is 0 Å². The molecule has 0 saturated heterocycles. The summed E-state index contributed by atoms with van der Waals surface area (Å²) in [4.78, 5) is 38.8. The van der Waals surface area contributed by atoms with Crippen LogP contribution >= 0.6 is 0 Å². The molecule has 0 saturated carbocycles. The number of hydrazine groups is 1. The highest BCUT2D eigenvalue weighted by molar-refractivity contribution is 6.07. The van der Waals surface area contributed by atoms with Crippen LogP contribution in [0.3, 0.4) is 0 Å². The van der Waals surface area contributed by atoms with Crippen LogP contribution in [0, 0.1) is 11.3 Å². The van der Waals surface area contributed by atoms with E-state index in [4.69, 9.17) is 5.26 Å². The third kappa shape index (κ3) is 5.28. The quantitative estimate of drug-likeness (QED) is 0.576. The van der Waals surface area contributed by atoms with Crippen molar-refractivity contribution in [3.05, 3.63) is 66.4 Å². The molecule has 31 heavy (non-hydrogen) atoms. The van der Waals surface area contributed by atoms with Gasteiger partial charge in [0.15, 0.2) is 0 Å². The topological polar surface area (TPSA) is 107 Å². The van der Waals surface area contributed by atoms with Crippen molar-refractivity contribution in [1.82, 2.24) is 15.4 Å². The highest BCUT2D eigenvalue weighted by atomic mass is 16.2. The van der Waals surface area contributed by atoms with E-state index in [0.29, 0.717) is 11.3 Å². The number of carbonyl (C=O) groups is 3. The summed E-state index contributed by atoms with van der Waals surface area (Å²) in [5, 5.41) is 9.63. The first kappa shape index (κ1) is 21.6. The Kier molecular flexibility index (Phi) is 7.01. The van der Waals surface area contributed by atoms with E-state index in [0.717, 1.165) is 10.9 Å². The fourth-order valence-corrected chi connectivity index (χ4v) is 3.30. The minimum absolute atomic E-state index is 0.0453. The summed E-state index contributed by atoms with van der Waals surface area (Å²) in [6.07, 6.45) is 1.75. The molecule has 3 amide bonds. The monoisotopic (exact) mass is 417 g/mol. The van der Waals surface area contributed by atoms with Crippen molar-refractivity contribution in [2.24, 2.45) is 7.05 Å². The summed E-state index contributed by atoms with van der Waals surface area (Å²) in [6, 6.07) is 18.5. The van der Waals surface area contributed by atoms with Crippen molar-refractivity contribution in [1.29, 1.82) is 5.26 Å². The number of carbonyl (C=O) groups excluding carboxylic acids is 3. The Morgan fingerprint density at radius 1 is 1.00 bits per heavy atom. The van der Waals surface area contributed by atoms with Gasteiger partial charge < -0.3 is 9.47 Å². The predicted molar refractivity (Wildman–Crippen MR) is 117 cm³/mol. The Morgan fingerprint density at radius 2 is 1.71 bits per heavy atom. The van der Waals surface area contributed by atoms with Crippen molar-refractivity contribution >= 4 is 34.3 Å². The lowest BCUT2D eigenvalue weighted by atomic mass is 10.2. The number of benzene rings is 2. The van der Waals surface area contributed by atoms with Crippen LogP contribution in [0.4, 0.5) is 5.69 Å². The van der Waals surface area contributed by atoms with E-state index < -0.39 is 11.8 Å². The summed E-state index contributed by atoms with van der Waals surface area (Å²) in [5.74, 6) is -1.18. The third-order valence-electron chi connectivity index (χ3n) is 4.84. The Hall–Kier alpha value is -4.12. The van der Waals surface area contributed by atoms with Gasteiger partial charge in [0, 0.05) is 49.2 Å². The number of fused-ring (bicyclic) bond motifs is 1. The van der Waals surface area contributed by atoms with Crippen molar-refractivity contribution in [3.63, 3.8) is 0 Å². The maximum Gasteiger partial charge on any atom is 0.271 e. The van der Waals surface area contributed by atoms with E-state index >= 15 is 0 Å². The number of nitriles is 1. The molecule has 0 unspecified atom stereocenters. The average Bonchev–Trinajstić information content (AvgIpc) is 3.14. The lowest BCUT2D eigenvalue weighted by Crippen LogP contribution is -2.42.